The molecule has 1 saturated heterocycles. The van der Waals surface area contributed by atoms with Crippen molar-refractivity contribution in [3.63, 3.8) is 0 Å². The summed E-state index contributed by atoms with van der Waals surface area (Å²) in [7, 11) is 0. The fourth-order valence-corrected chi connectivity index (χ4v) is 3.51. The van der Waals surface area contributed by atoms with Gasteiger partial charge in [0, 0.05) is 29.2 Å². The van der Waals surface area contributed by atoms with Crippen LogP contribution in [0.3, 0.4) is 0 Å². The van der Waals surface area contributed by atoms with Crippen molar-refractivity contribution in [2.24, 2.45) is 11.7 Å². The van der Waals surface area contributed by atoms with Gasteiger partial charge in [-0.3, -0.25) is 0 Å². The lowest BCUT2D eigenvalue weighted by molar-refractivity contribution is 0.182. The highest BCUT2D eigenvalue weighted by Gasteiger charge is 2.22. The van der Waals surface area contributed by atoms with Crippen LogP contribution in [0.15, 0.2) is 47.4 Å². The van der Waals surface area contributed by atoms with Gasteiger partial charge in [-0.25, -0.2) is 0 Å². The standard InChI is InChI=1S/C16H19NOS/c17-16(14-7-8-18-10-14)11-19-15-6-5-12-3-1-2-4-13(12)9-15/h1-6,9,14,16H,7-8,10-11,17H2. The molecule has 0 radical (unpaired) electrons. The zero-order chi connectivity index (χ0) is 13.1. The molecule has 2 unspecified atom stereocenters. The van der Waals surface area contributed by atoms with Gasteiger partial charge in [-0.2, -0.15) is 0 Å². The summed E-state index contributed by atoms with van der Waals surface area (Å²) >= 11 is 1.85. The number of benzene rings is 2. The van der Waals surface area contributed by atoms with Gasteiger partial charge in [0.15, 0.2) is 0 Å². The molecule has 1 fully saturated rings. The number of thioether (sulfide) groups is 1. The Hall–Kier alpha value is -1.03. The summed E-state index contributed by atoms with van der Waals surface area (Å²) in [6, 6.07) is 15.3. The van der Waals surface area contributed by atoms with Crippen LogP contribution in [0.5, 0.6) is 0 Å². The Balaban J connectivity index is 1.64. The Kier molecular flexibility index (Phi) is 4.06. The zero-order valence-electron chi connectivity index (χ0n) is 10.9. The van der Waals surface area contributed by atoms with Gasteiger partial charge in [0.1, 0.15) is 0 Å². The van der Waals surface area contributed by atoms with E-state index in [0.29, 0.717) is 5.92 Å². The Morgan fingerprint density at radius 3 is 2.84 bits per heavy atom. The SMILES string of the molecule is NC(CSc1ccc2ccccc2c1)C1CCOC1. The van der Waals surface area contributed by atoms with Gasteiger partial charge in [0.25, 0.3) is 0 Å². The van der Waals surface area contributed by atoms with Crippen molar-refractivity contribution in [2.45, 2.75) is 17.4 Å². The highest BCUT2D eigenvalue weighted by molar-refractivity contribution is 7.99. The molecule has 1 heterocycles. The first-order valence-electron chi connectivity index (χ1n) is 6.78. The monoisotopic (exact) mass is 273 g/mol. The molecule has 0 aromatic heterocycles. The van der Waals surface area contributed by atoms with Gasteiger partial charge in [-0.15, -0.1) is 11.8 Å². The summed E-state index contributed by atoms with van der Waals surface area (Å²) in [5, 5.41) is 2.59. The molecule has 3 rings (SSSR count). The Morgan fingerprint density at radius 1 is 1.21 bits per heavy atom. The van der Waals surface area contributed by atoms with E-state index in [1.54, 1.807) is 0 Å². The molecule has 2 nitrogen and oxygen atoms in total. The Bertz CT molecular complexity index is 551. The van der Waals surface area contributed by atoms with Crippen molar-refractivity contribution in [3.8, 4) is 0 Å². The van der Waals surface area contributed by atoms with Crippen LogP contribution in [0.4, 0.5) is 0 Å². The van der Waals surface area contributed by atoms with Crippen molar-refractivity contribution in [1.29, 1.82) is 0 Å². The minimum Gasteiger partial charge on any atom is -0.381 e. The molecule has 1 aliphatic rings. The lowest BCUT2D eigenvalue weighted by Crippen LogP contribution is -2.32. The molecule has 0 aliphatic carbocycles. The average molecular weight is 273 g/mol. The van der Waals surface area contributed by atoms with E-state index < -0.39 is 0 Å². The first-order chi connectivity index (χ1) is 9.33. The van der Waals surface area contributed by atoms with Crippen LogP contribution in [-0.4, -0.2) is 25.0 Å². The third kappa shape index (κ3) is 3.11. The largest absolute Gasteiger partial charge is 0.381 e. The molecule has 2 atom stereocenters. The first-order valence-corrected chi connectivity index (χ1v) is 7.76. The molecule has 2 aromatic rings. The second-order valence-electron chi connectivity index (χ2n) is 5.11. The third-order valence-corrected chi connectivity index (χ3v) is 4.87. The number of rotatable bonds is 4. The molecule has 0 bridgehead atoms. The van der Waals surface area contributed by atoms with Gasteiger partial charge < -0.3 is 10.5 Å². The molecule has 0 spiro atoms. The molecule has 1 aliphatic heterocycles. The van der Waals surface area contributed by atoms with E-state index in [1.165, 1.54) is 15.7 Å². The van der Waals surface area contributed by atoms with E-state index in [4.69, 9.17) is 10.5 Å². The highest BCUT2D eigenvalue weighted by Crippen LogP contribution is 2.26. The number of ether oxygens (including phenoxy) is 1. The molecular formula is C16H19NOS. The van der Waals surface area contributed by atoms with E-state index >= 15 is 0 Å². The molecule has 19 heavy (non-hydrogen) atoms. The Morgan fingerprint density at radius 2 is 2.05 bits per heavy atom. The maximum absolute atomic E-state index is 6.24. The normalized spacial score (nSPS) is 20.8. The minimum atomic E-state index is 0.235. The van der Waals surface area contributed by atoms with E-state index in [-0.39, 0.29) is 6.04 Å². The fraction of sp³-hybridized carbons (Fsp3) is 0.375. The Labute approximate surface area is 118 Å². The summed E-state index contributed by atoms with van der Waals surface area (Å²) < 4.78 is 5.40. The number of nitrogens with two attached hydrogens (primary N) is 1. The topological polar surface area (TPSA) is 35.2 Å². The van der Waals surface area contributed by atoms with Crippen molar-refractivity contribution in [2.75, 3.05) is 19.0 Å². The van der Waals surface area contributed by atoms with Crippen molar-refractivity contribution in [3.05, 3.63) is 42.5 Å². The van der Waals surface area contributed by atoms with Crippen LogP contribution in [-0.2, 0) is 4.74 Å². The first kappa shape index (κ1) is 13.0. The lowest BCUT2D eigenvalue weighted by atomic mass is 10.0. The predicted molar refractivity (Wildman–Crippen MR) is 81.6 cm³/mol. The molecule has 0 saturated carbocycles. The van der Waals surface area contributed by atoms with Crippen LogP contribution in [0.1, 0.15) is 6.42 Å². The van der Waals surface area contributed by atoms with Crippen LogP contribution in [0.2, 0.25) is 0 Å². The number of hydrogen-bond acceptors (Lipinski definition) is 3. The average Bonchev–Trinajstić information content (AvgIpc) is 2.99. The third-order valence-electron chi connectivity index (χ3n) is 3.73. The predicted octanol–water partition coefficient (Wildman–Crippen LogP) is 3.30. The second-order valence-corrected chi connectivity index (χ2v) is 6.20. The molecule has 0 amide bonds. The number of hydrogen-bond donors (Lipinski definition) is 1. The van der Waals surface area contributed by atoms with E-state index in [0.717, 1.165) is 25.4 Å². The van der Waals surface area contributed by atoms with Crippen LogP contribution >= 0.6 is 11.8 Å². The maximum Gasteiger partial charge on any atom is 0.0510 e. The summed E-state index contributed by atoms with van der Waals surface area (Å²) in [6.45, 7) is 1.71. The minimum absolute atomic E-state index is 0.235. The highest BCUT2D eigenvalue weighted by atomic mass is 32.2. The molecular weight excluding hydrogens is 254 g/mol. The summed E-state index contributed by atoms with van der Waals surface area (Å²) in [4.78, 5) is 1.30. The van der Waals surface area contributed by atoms with Crippen molar-refractivity contribution < 1.29 is 4.74 Å². The summed E-state index contributed by atoms with van der Waals surface area (Å²) in [5.74, 6) is 1.50. The smallest absolute Gasteiger partial charge is 0.0510 e. The molecule has 100 valence electrons. The van der Waals surface area contributed by atoms with Crippen LogP contribution in [0, 0.1) is 5.92 Å². The molecule has 3 heteroatoms. The van der Waals surface area contributed by atoms with E-state index in [1.807, 2.05) is 11.8 Å². The molecule has 2 aromatic carbocycles. The van der Waals surface area contributed by atoms with Gasteiger partial charge in [-0.1, -0.05) is 30.3 Å². The quantitative estimate of drug-likeness (QED) is 0.868. The maximum atomic E-state index is 6.24. The summed E-state index contributed by atoms with van der Waals surface area (Å²) in [5.41, 5.74) is 6.24. The van der Waals surface area contributed by atoms with Gasteiger partial charge in [0.2, 0.25) is 0 Å². The van der Waals surface area contributed by atoms with Gasteiger partial charge in [-0.05, 0) is 29.3 Å². The van der Waals surface area contributed by atoms with Gasteiger partial charge >= 0.3 is 0 Å². The van der Waals surface area contributed by atoms with Gasteiger partial charge in [0.05, 0.1) is 6.61 Å². The van der Waals surface area contributed by atoms with Crippen molar-refractivity contribution >= 4 is 22.5 Å². The molecule has 2 N–H and O–H groups in total. The fourth-order valence-electron chi connectivity index (χ4n) is 2.48. The van der Waals surface area contributed by atoms with E-state index in [2.05, 4.69) is 42.5 Å². The van der Waals surface area contributed by atoms with E-state index in [9.17, 15) is 0 Å². The second kappa shape index (κ2) is 5.95. The number of fused-ring (bicyclic) bond motifs is 1. The summed E-state index contributed by atoms with van der Waals surface area (Å²) in [6.07, 6.45) is 1.11. The van der Waals surface area contributed by atoms with Crippen LogP contribution < -0.4 is 5.73 Å². The zero-order valence-corrected chi connectivity index (χ0v) is 11.7. The lowest BCUT2D eigenvalue weighted by Gasteiger charge is -2.17. The van der Waals surface area contributed by atoms with Crippen LogP contribution in [0.25, 0.3) is 10.8 Å². The van der Waals surface area contributed by atoms with Crippen molar-refractivity contribution in [1.82, 2.24) is 0 Å².